The molecule has 0 aliphatic carbocycles. The van der Waals surface area contributed by atoms with E-state index >= 15 is 0 Å². The van der Waals surface area contributed by atoms with Gasteiger partial charge >= 0.3 is 0 Å². The number of nitrogens with zero attached hydrogens (tertiary/aromatic N) is 2. The maximum atomic E-state index is 12.3. The monoisotopic (exact) mass is 357 g/mol. The fraction of sp³-hybridized carbons (Fsp3) is 0.619. The van der Waals surface area contributed by atoms with E-state index < -0.39 is 5.91 Å². The first-order chi connectivity index (χ1) is 12.5. The molecule has 1 aromatic carbocycles. The summed E-state index contributed by atoms with van der Waals surface area (Å²) >= 11 is 0. The quantitative estimate of drug-likeness (QED) is 0.880. The highest BCUT2D eigenvalue weighted by Crippen LogP contribution is 2.45. The number of carbonyl (C=O) groups is 2. The van der Waals surface area contributed by atoms with Crippen molar-refractivity contribution < 1.29 is 9.59 Å². The van der Waals surface area contributed by atoms with Crippen LogP contribution in [-0.4, -0.2) is 54.3 Å². The lowest BCUT2D eigenvalue weighted by atomic mass is 9.68. The van der Waals surface area contributed by atoms with Crippen LogP contribution in [0.4, 0.5) is 0 Å². The fourth-order valence-electron chi connectivity index (χ4n) is 4.67. The highest BCUT2D eigenvalue weighted by atomic mass is 16.2. The van der Waals surface area contributed by atoms with Crippen LogP contribution in [0.2, 0.25) is 0 Å². The van der Waals surface area contributed by atoms with E-state index in [1.54, 1.807) is 0 Å². The Morgan fingerprint density at radius 1 is 1.15 bits per heavy atom. The number of hydrogen-bond donors (Lipinski definition) is 1. The number of amides is 2. The van der Waals surface area contributed by atoms with Gasteiger partial charge in [0.1, 0.15) is 0 Å². The summed E-state index contributed by atoms with van der Waals surface area (Å²) in [6.07, 6.45) is 3.71. The van der Waals surface area contributed by atoms with Crippen LogP contribution in [0.3, 0.4) is 0 Å². The second kappa shape index (κ2) is 8.21. The molecule has 5 nitrogen and oxygen atoms in total. The molecule has 0 bridgehead atoms. The summed E-state index contributed by atoms with van der Waals surface area (Å²) in [5.41, 5.74) is 6.90. The smallest absolute Gasteiger partial charge is 0.223 e. The molecule has 1 spiro atoms. The molecular formula is C21H31N3O2. The summed E-state index contributed by atoms with van der Waals surface area (Å²) in [7, 11) is 0. The molecule has 2 amide bonds. The van der Waals surface area contributed by atoms with E-state index in [2.05, 4.69) is 42.2 Å². The minimum atomic E-state index is -0.400. The molecule has 2 heterocycles. The molecule has 2 aliphatic rings. The van der Waals surface area contributed by atoms with Gasteiger partial charge in [-0.25, -0.2) is 0 Å². The number of rotatable bonds is 5. The molecule has 2 N–H and O–H groups in total. The third-order valence-corrected chi connectivity index (χ3v) is 6.20. The number of nitrogens with two attached hydrogens (primary N) is 1. The maximum Gasteiger partial charge on any atom is 0.223 e. The zero-order valence-corrected chi connectivity index (χ0v) is 15.8. The van der Waals surface area contributed by atoms with Crippen molar-refractivity contribution >= 4 is 11.8 Å². The van der Waals surface area contributed by atoms with Crippen molar-refractivity contribution in [2.24, 2.45) is 11.1 Å². The predicted molar refractivity (Wildman–Crippen MR) is 103 cm³/mol. The van der Waals surface area contributed by atoms with Crippen LogP contribution in [0.1, 0.15) is 50.5 Å². The van der Waals surface area contributed by atoms with Crippen LogP contribution >= 0.6 is 0 Å². The van der Waals surface area contributed by atoms with E-state index in [1.807, 2.05) is 4.90 Å². The van der Waals surface area contributed by atoms with Crippen molar-refractivity contribution in [3.05, 3.63) is 35.9 Å². The molecule has 0 aromatic heterocycles. The van der Waals surface area contributed by atoms with Gasteiger partial charge in [0, 0.05) is 39.0 Å². The van der Waals surface area contributed by atoms with Crippen LogP contribution in [0, 0.1) is 5.41 Å². The van der Waals surface area contributed by atoms with Gasteiger partial charge in [-0.15, -0.1) is 0 Å². The van der Waals surface area contributed by atoms with Gasteiger partial charge in [0.15, 0.2) is 0 Å². The first-order valence-corrected chi connectivity index (χ1v) is 9.85. The van der Waals surface area contributed by atoms with Crippen LogP contribution in [0.5, 0.6) is 0 Å². The van der Waals surface area contributed by atoms with Crippen molar-refractivity contribution in [2.75, 3.05) is 32.7 Å². The standard InChI is InChI=1S/C21H31N3O2/c1-2-23-15-18(17-6-4-3-5-7-17)14-21(16-23)10-12-24(13-11-21)20(26)9-8-19(22)25/h3-7,18H,2,8-16H2,1H3,(H2,22,25)/t18-/m0/s1. The Morgan fingerprint density at radius 2 is 1.85 bits per heavy atom. The average molecular weight is 357 g/mol. The number of hydrogen-bond acceptors (Lipinski definition) is 3. The molecular weight excluding hydrogens is 326 g/mol. The Hall–Kier alpha value is -1.88. The Balaban J connectivity index is 1.64. The summed E-state index contributed by atoms with van der Waals surface area (Å²) in [5.74, 6) is 0.242. The number of likely N-dealkylation sites (tertiary alicyclic amines) is 2. The SMILES string of the molecule is CCN1C[C@@H](c2ccccc2)CC2(CCN(C(=O)CCC(N)=O)CC2)C1. The Labute approximate surface area is 156 Å². The minimum Gasteiger partial charge on any atom is -0.370 e. The first-order valence-electron chi connectivity index (χ1n) is 9.85. The lowest BCUT2D eigenvalue weighted by Gasteiger charge is -2.50. The Bertz CT molecular complexity index is 623. The second-order valence-electron chi connectivity index (χ2n) is 7.99. The lowest BCUT2D eigenvalue weighted by Crippen LogP contribution is -2.52. The third kappa shape index (κ3) is 4.44. The van der Waals surface area contributed by atoms with E-state index in [0.717, 1.165) is 45.6 Å². The third-order valence-electron chi connectivity index (χ3n) is 6.20. The molecule has 0 radical (unpaired) electrons. The van der Waals surface area contributed by atoms with Crippen molar-refractivity contribution in [3.63, 3.8) is 0 Å². The topological polar surface area (TPSA) is 66.6 Å². The van der Waals surface area contributed by atoms with E-state index in [4.69, 9.17) is 5.73 Å². The molecule has 2 saturated heterocycles. The summed E-state index contributed by atoms with van der Waals surface area (Å²) < 4.78 is 0. The van der Waals surface area contributed by atoms with E-state index in [1.165, 1.54) is 12.0 Å². The lowest BCUT2D eigenvalue weighted by molar-refractivity contribution is -0.136. The van der Waals surface area contributed by atoms with Gasteiger partial charge in [-0.2, -0.15) is 0 Å². The highest BCUT2D eigenvalue weighted by molar-refractivity contribution is 5.82. The van der Waals surface area contributed by atoms with E-state index in [0.29, 0.717) is 11.3 Å². The molecule has 5 heteroatoms. The van der Waals surface area contributed by atoms with Gasteiger partial charge < -0.3 is 15.5 Å². The fourth-order valence-corrected chi connectivity index (χ4v) is 4.67. The molecule has 1 atom stereocenters. The summed E-state index contributed by atoms with van der Waals surface area (Å²) in [4.78, 5) is 27.7. The molecule has 3 rings (SSSR count). The molecule has 26 heavy (non-hydrogen) atoms. The molecule has 0 saturated carbocycles. The highest BCUT2D eigenvalue weighted by Gasteiger charge is 2.42. The minimum absolute atomic E-state index is 0.0708. The van der Waals surface area contributed by atoms with Crippen molar-refractivity contribution in [1.82, 2.24) is 9.80 Å². The number of primary amides is 1. The number of likely N-dealkylation sites (N-methyl/N-ethyl adjacent to an activating group) is 1. The van der Waals surface area contributed by atoms with Crippen molar-refractivity contribution in [3.8, 4) is 0 Å². The second-order valence-corrected chi connectivity index (χ2v) is 7.99. The molecule has 0 unspecified atom stereocenters. The first kappa shape index (κ1) is 18.9. The van der Waals surface area contributed by atoms with E-state index in [-0.39, 0.29) is 18.7 Å². The average Bonchev–Trinajstić information content (AvgIpc) is 2.67. The van der Waals surface area contributed by atoms with Gasteiger partial charge in [-0.3, -0.25) is 9.59 Å². The van der Waals surface area contributed by atoms with Crippen molar-refractivity contribution in [1.29, 1.82) is 0 Å². The Morgan fingerprint density at radius 3 is 2.46 bits per heavy atom. The Kier molecular flexibility index (Phi) is 5.97. The van der Waals surface area contributed by atoms with Gasteiger partial charge in [-0.1, -0.05) is 37.3 Å². The van der Waals surface area contributed by atoms with Crippen LogP contribution < -0.4 is 5.73 Å². The number of benzene rings is 1. The molecule has 2 aliphatic heterocycles. The normalized spacial score (nSPS) is 23.1. The summed E-state index contributed by atoms with van der Waals surface area (Å²) in [6, 6.07) is 10.8. The number of piperidine rings is 2. The largest absolute Gasteiger partial charge is 0.370 e. The van der Waals surface area contributed by atoms with Crippen LogP contribution in [0.15, 0.2) is 30.3 Å². The van der Waals surface area contributed by atoms with Crippen molar-refractivity contribution in [2.45, 2.75) is 44.9 Å². The van der Waals surface area contributed by atoms with Gasteiger partial charge in [-0.05, 0) is 42.7 Å². The van der Waals surface area contributed by atoms with Gasteiger partial charge in [0.05, 0.1) is 0 Å². The summed E-state index contributed by atoms with van der Waals surface area (Å²) in [6.45, 7) is 7.18. The predicted octanol–water partition coefficient (Wildman–Crippen LogP) is 2.37. The maximum absolute atomic E-state index is 12.3. The molecule has 2 fully saturated rings. The zero-order chi connectivity index (χ0) is 18.6. The van der Waals surface area contributed by atoms with Gasteiger partial charge in [0.2, 0.25) is 11.8 Å². The van der Waals surface area contributed by atoms with Crippen LogP contribution in [0.25, 0.3) is 0 Å². The van der Waals surface area contributed by atoms with E-state index in [9.17, 15) is 9.59 Å². The zero-order valence-electron chi connectivity index (χ0n) is 15.8. The van der Waals surface area contributed by atoms with Crippen LogP contribution in [-0.2, 0) is 9.59 Å². The molecule has 142 valence electrons. The van der Waals surface area contributed by atoms with Gasteiger partial charge in [0.25, 0.3) is 0 Å². The number of carbonyl (C=O) groups excluding carboxylic acids is 2. The summed E-state index contributed by atoms with van der Waals surface area (Å²) in [5, 5.41) is 0. The molecule has 1 aromatic rings.